The molecule has 1 atom stereocenters. The smallest absolute Gasteiger partial charge is 0.176 e. The normalized spacial score (nSPS) is 12.8. The predicted molar refractivity (Wildman–Crippen MR) is 67.0 cm³/mol. The first-order chi connectivity index (χ1) is 8.72. The van der Waals surface area contributed by atoms with Gasteiger partial charge in [0.2, 0.25) is 0 Å². The Bertz CT molecular complexity index is 490. The highest BCUT2D eigenvalue weighted by Crippen LogP contribution is 2.19. The Balaban J connectivity index is 2.12. The average Bonchev–Trinajstić information content (AvgIpc) is 2.97. The van der Waals surface area contributed by atoms with Gasteiger partial charge < -0.3 is 9.73 Å². The van der Waals surface area contributed by atoms with Gasteiger partial charge >= 0.3 is 0 Å². The van der Waals surface area contributed by atoms with E-state index in [-0.39, 0.29) is 6.04 Å². The summed E-state index contributed by atoms with van der Waals surface area (Å²) in [5, 5.41) is 15.4. The van der Waals surface area contributed by atoms with Gasteiger partial charge in [0.05, 0.1) is 13.1 Å². The lowest BCUT2D eigenvalue weighted by Crippen LogP contribution is -2.23. The molecule has 0 spiro atoms. The van der Waals surface area contributed by atoms with E-state index in [0.717, 1.165) is 30.3 Å². The van der Waals surface area contributed by atoms with Gasteiger partial charge in [0, 0.05) is 12.8 Å². The monoisotopic (exact) mass is 249 g/mol. The van der Waals surface area contributed by atoms with Crippen LogP contribution in [0.4, 0.5) is 0 Å². The van der Waals surface area contributed by atoms with Gasteiger partial charge in [-0.05, 0) is 23.9 Å². The first kappa shape index (κ1) is 12.8. The van der Waals surface area contributed by atoms with Crippen LogP contribution in [-0.4, -0.2) is 26.8 Å². The van der Waals surface area contributed by atoms with Crippen molar-refractivity contribution in [3.63, 3.8) is 0 Å². The van der Waals surface area contributed by atoms with Gasteiger partial charge in [-0.3, -0.25) is 0 Å². The summed E-state index contributed by atoms with van der Waals surface area (Å²) in [6.07, 6.45) is 1.58. The first-order valence-corrected chi connectivity index (χ1v) is 6.27. The lowest BCUT2D eigenvalue weighted by Gasteiger charge is -2.13. The zero-order chi connectivity index (χ0) is 13.0. The minimum Gasteiger partial charge on any atom is -0.464 e. The van der Waals surface area contributed by atoms with Crippen LogP contribution in [0.25, 0.3) is 0 Å². The molecule has 6 heteroatoms. The van der Waals surface area contributed by atoms with Crippen LogP contribution in [0.5, 0.6) is 0 Å². The molecule has 2 aromatic rings. The third-order valence-corrected chi connectivity index (χ3v) is 2.76. The van der Waals surface area contributed by atoms with Gasteiger partial charge in [0.25, 0.3) is 0 Å². The van der Waals surface area contributed by atoms with E-state index in [1.54, 1.807) is 7.05 Å². The number of furan rings is 1. The molecule has 6 nitrogen and oxygen atoms in total. The second-order valence-electron chi connectivity index (χ2n) is 4.17. The molecule has 2 aromatic heterocycles. The highest BCUT2D eigenvalue weighted by atomic mass is 16.3. The molecule has 18 heavy (non-hydrogen) atoms. The topological polar surface area (TPSA) is 68.8 Å². The van der Waals surface area contributed by atoms with E-state index >= 15 is 0 Å². The van der Waals surface area contributed by atoms with E-state index in [0.29, 0.717) is 6.42 Å². The van der Waals surface area contributed by atoms with Crippen LogP contribution >= 0.6 is 0 Å². The summed E-state index contributed by atoms with van der Waals surface area (Å²) in [4.78, 5) is 1.47. The molecular weight excluding hydrogens is 230 g/mol. The van der Waals surface area contributed by atoms with Crippen LogP contribution in [0.15, 0.2) is 16.5 Å². The average molecular weight is 249 g/mol. The Morgan fingerprint density at radius 2 is 2.22 bits per heavy atom. The number of tetrazole rings is 1. The summed E-state index contributed by atoms with van der Waals surface area (Å²) in [7, 11) is 1.76. The largest absolute Gasteiger partial charge is 0.464 e. The lowest BCUT2D eigenvalue weighted by atomic mass is 10.1. The number of hydrogen-bond donors (Lipinski definition) is 1. The maximum Gasteiger partial charge on any atom is 0.176 e. The molecule has 0 saturated heterocycles. The number of nitrogens with one attached hydrogen (secondary N) is 1. The Morgan fingerprint density at radius 3 is 2.78 bits per heavy atom. The van der Waals surface area contributed by atoms with Crippen LogP contribution in [0.1, 0.15) is 37.2 Å². The van der Waals surface area contributed by atoms with Crippen molar-refractivity contribution in [2.45, 2.75) is 32.7 Å². The van der Waals surface area contributed by atoms with Crippen molar-refractivity contribution in [2.75, 3.05) is 6.54 Å². The van der Waals surface area contributed by atoms with Crippen molar-refractivity contribution in [1.29, 1.82) is 0 Å². The van der Waals surface area contributed by atoms with Crippen LogP contribution in [0, 0.1) is 0 Å². The first-order valence-electron chi connectivity index (χ1n) is 6.27. The highest BCUT2D eigenvalue weighted by molar-refractivity contribution is 5.12. The Kier molecular flexibility index (Phi) is 4.09. The fraction of sp³-hybridized carbons (Fsp3) is 0.583. The van der Waals surface area contributed by atoms with Crippen LogP contribution in [0.3, 0.4) is 0 Å². The summed E-state index contributed by atoms with van der Waals surface area (Å²) in [5.74, 6) is 2.65. The van der Waals surface area contributed by atoms with E-state index in [1.807, 2.05) is 12.1 Å². The molecule has 0 saturated carbocycles. The summed E-state index contributed by atoms with van der Waals surface area (Å²) in [6, 6.07) is 4.13. The molecular formula is C12H19N5O. The van der Waals surface area contributed by atoms with E-state index in [9.17, 15) is 0 Å². The Morgan fingerprint density at radius 1 is 1.39 bits per heavy atom. The van der Waals surface area contributed by atoms with Gasteiger partial charge in [-0.25, -0.2) is 0 Å². The number of aryl methyl sites for hydroxylation is 2. The summed E-state index contributed by atoms with van der Waals surface area (Å²) < 4.78 is 5.78. The molecule has 2 rings (SSSR count). The van der Waals surface area contributed by atoms with Crippen LogP contribution in [-0.2, 0) is 19.9 Å². The van der Waals surface area contributed by atoms with Crippen molar-refractivity contribution < 1.29 is 4.42 Å². The molecule has 0 bridgehead atoms. The van der Waals surface area contributed by atoms with Crippen molar-refractivity contribution in [3.8, 4) is 0 Å². The predicted octanol–water partition coefficient (Wildman–Crippen LogP) is 1.26. The van der Waals surface area contributed by atoms with Crippen molar-refractivity contribution >= 4 is 0 Å². The minimum atomic E-state index is 0.0968. The summed E-state index contributed by atoms with van der Waals surface area (Å²) in [5.41, 5.74) is 0. The Hall–Kier alpha value is -1.69. The van der Waals surface area contributed by atoms with Crippen LogP contribution in [0.2, 0.25) is 0 Å². The fourth-order valence-corrected chi connectivity index (χ4v) is 1.88. The van der Waals surface area contributed by atoms with Gasteiger partial charge in [-0.15, -0.1) is 10.2 Å². The molecule has 0 amide bonds. The van der Waals surface area contributed by atoms with Gasteiger partial charge in [0.15, 0.2) is 5.82 Å². The van der Waals surface area contributed by atoms with Gasteiger partial charge in [-0.1, -0.05) is 13.8 Å². The molecule has 98 valence electrons. The van der Waals surface area contributed by atoms with Crippen LogP contribution < -0.4 is 5.32 Å². The quantitative estimate of drug-likeness (QED) is 0.834. The number of nitrogens with zero attached hydrogens (tertiary/aromatic N) is 4. The molecule has 0 aliphatic rings. The maximum atomic E-state index is 5.78. The molecule has 0 fully saturated rings. The zero-order valence-corrected chi connectivity index (χ0v) is 11.1. The highest BCUT2D eigenvalue weighted by Gasteiger charge is 2.17. The number of hydrogen-bond acceptors (Lipinski definition) is 5. The molecule has 0 aromatic carbocycles. The summed E-state index contributed by atoms with van der Waals surface area (Å²) >= 11 is 0. The minimum absolute atomic E-state index is 0.0968. The Labute approximate surface area is 106 Å². The number of aromatic nitrogens is 4. The molecule has 0 radical (unpaired) electrons. The lowest BCUT2D eigenvalue weighted by molar-refractivity contribution is 0.393. The fourth-order valence-electron chi connectivity index (χ4n) is 1.88. The van der Waals surface area contributed by atoms with E-state index in [2.05, 4.69) is 34.6 Å². The second-order valence-corrected chi connectivity index (χ2v) is 4.17. The summed E-state index contributed by atoms with van der Waals surface area (Å²) in [6.45, 7) is 5.02. The molecule has 0 aliphatic carbocycles. The zero-order valence-electron chi connectivity index (χ0n) is 11.1. The molecule has 1 N–H and O–H groups in total. The molecule has 1 unspecified atom stereocenters. The third kappa shape index (κ3) is 2.95. The van der Waals surface area contributed by atoms with Crippen molar-refractivity contribution in [3.05, 3.63) is 29.5 Å². The van der Waals surface area contributed by atoms with Crippen molar-refractivity contribution in [2.24, 2.45) is 7.05 Å². The number of rotatable bonds is 6. The molecule has 0 aliphatic heterocycles. The van der Waals surface area contributed by atoms with E-state index in [1.165, 1.54) is 4.80 Å². The standard InChI is InChI=1S/C12H19N5O/c1-4-9-6-7-11(18-9)10(13-5-2)8-12-14-16-17(3)15-12/h6-7,10,13H,4-5,8H2,1-3H3. The number of likely N-dealkylation sites (N-methyl/N-ethyl adjacent to an activating group) is 1. The van der Waals surface area contributed by atoms with Gasteiger partial charge in [-0.2, -0.15) is 4.80 Å². The third-order valence-electron chi connectivity index (χ3n) is 2.76. The van der Waals surface area contributed by atoms with Gasteiger partial charge in [0.1, 0.15) is 11.5 Å². The van der Waals surface area contributed by atoms with E-state index < -0.39 is 0 Å². The van der Waals surface area contributed by atoms with Crippen molar-refractivity contribution in [1.82, 2.24) is 25.5 Å². The second kappa shape index (κ2) is 5.77. The SMILES string of the molecule is CCNC(Cc1nnn(C)n1)c1ccc(CC)o1. The maximum absolute atomic E-state index is 5.78. The molecule has 2 heterocycles. The van der Waals surface area contributed by atoms with E-state index in [4.69, 9.17) is 4.42 Å².